The summed E-state index contributed by atoms with van der Waals surface area (Å²) in [6, 6.07) is 9.92. The van der Waals surface area contributed by atoms with E-state index >= 15 is 0 Å². The molecule has 1 N–H and O–H groups in total. The van der Waals surface area contributed by atoms with Crippen molar-refractivity contribution in [2.24, 2.45) is 0 Å². The van der Waals surface area contributed by atoms with Crippen LogP contribution in [0.1, 0.15) is 19.8 Å². The number of rotatable bonds is 6. The first-order chi connectivity index (χ1) is 11.2. The van der Waals surface area contributed by atoms with Crippen molar-refractivity contribution in [1.82, 2.24) is 19.5 Å². The molecule has 0 aliphatic heterocycles. The van der Waals surface area contributed by atoms with Crippen molar-refractivity contribution < 1.29 is 0 Å². The van der Waals surface area contributed by atoms with E-state index in [2.05, 4.69) is 16.9 Å². The summed E-state index contributed by atoms with van der Waals surface area (Å²) in [4.78, 5) is 23.7. The van der Waals surface area contributed by atoms with E-state index in [-0.39, 0.29) is 5.69 Å². The molecule has 0 radical (unpaired) electrons. The lowest BCUT2D eigenvalue weighted by molar-refractivity contribution is 0.893. The van der Waals surface area contributed by atoms with Crippen molar-refractivity contribution >= 4 is 34.7 Å². The second-order valence-corrected chi connectivity index (χ2v) is 6.87. The van der Waals surface area contributed by atoms with Crippen LogP contribution in [-0.2, 0) is 0 Å². The fraction of sp³-hybridized carbons (Fsp3) is 0.312. The predicted molar refractivity (Wildman–Crippen MR) is 96.9 cm³/mol. The van der Waals surface area contributed by atoms with Crippen LogP contribution >= 0.6 is 23.5 Å². The summed E-state index contributed by atoms with van der Waals surface area (Å²) in [5.41, 5.74) is 2.12. The highest BCUT2D eigenvalue weighted by atomic mass is 32.2. The highest BCUT2D eigenvalue weighted by Crippen LogP contribution is 2.29. The standard InChI is InChI=1S/C16H18N4OS2/c1-3-4-10-23-14-12-13(18-15(21)19-14)20(16(17-12)22-2)11-8-6-5-7-9-11/h5-9H,3-4,10H2,1-2H3,(H,18,19,21). The minimum Gasteiger partial charge on any atom is -0.290 e. The number of imidazole rings is 1. The van der Waals surface area contributed by atoms with Gasteiger partial charge in [-0.15, -0.1) is 11.8 Å². The lowest BCUT2D eigenvalue weighted by Crippen LogP contribution is -2.12. The van der Waals surface area contributed by atoms with Crippen molar-refractivity contribution in [3.05, 3.63) is 40.8 Å². The molecule has 120 valence electrons. The summed E-state index contributed by atoms with van der Waals surface area (Å²) in [6.45, 7) is 2.15. The number of aromatic nitrogens is 4. The number of nitrogens with zero attached hydrogens (tertiary/aromatic N) is 3. The van der Waals surface area contributed by atoms with Gasteiger partial charge in [0.05, 0.1) is 0 Å². The number of benzene rings is 1. The number of thioether (sulfide) groups is 2. The molecule has 1 aromatic carbocycles. The molecular formula is C16H18N4OS2. The van der Waals surface area contributed by atoms with Gasteiger partial charge in [0.1, 0.15) is 16.2 Å². The molecule has 0 saturated heterocycles. The molecule has 0 unspecified atom stereocenters. The van der Waals surface area contributed by atoms with Gasteiger partial charge in [0.2, 0.25) is 0 Å². The molecule has 5 nitrogen and oxygen atoms in total. The van der Waals surface area contributed by atoms with E-state index in [4.69, 9.17) is 4.98 Å². The van der Waals surface area contributed by atoms with E-state index in [0.717, 1.165) is 35.0 Å². The lowest BCUT2D eigenvalue weighted by Gasteiger charge is -2.07. The first-order valence-electron chi connectivity index (χ1n) is 7.49. The van der Waals surface area contributed by atoms with Gasteiger partial charge in [-0.1, -0.05) is 43.3 Å². The minimum atomic E-state index is -0.332. The second kappa shape index (κ2) is 7.23. The normalized spacial score (nSPS) is 11.2. The second-order valence-electron chi connectivity index (χ2n) is 5.02. The molecule has 3 aromatic rings. The summed E-state index contributed by atoms with van der Waals surface area (Å²) in [5, 5.41) is 1.55. The van der Waals surface area contributed by atoms with Crippen LogP contribution < -0.4 is 5.69 Å². The first-order valence-corrected chi connectivity index (χ1v) is 9.70. The maximum Gasteiger partial charge on any atom is 0.347 e. The summed E-state index contributed by atoms with van der Waals surface area (Å²) in [7, 11) is 0. The van der Waals surface area contributed by atoms with Crippen molar-refractivity contribution in [1.29, 1.82) is 0 Å². The molecule has 0 aliphatic rings. The van der Waals surface area contributed by atoms with Crippen LogP contribution in [0.4, 0.5) is 0 Å². The Kier molecular flexibility index (Phi) is 5.07. The number of unbranched alkanes of at least 4 members (excludes halogenated alkanes) is 1. The third kappa shape index (κ3) is 3.30. The minimum absolute atomic E-state index is 0.332. The largest absolute Gasteiger partial charge is 0.347 e. The Morgan fingerprint density at radius 1 is 1.22 bits per heavy atom. The molecule has 0 fully saturated rings. The van der Waals surface area contributed by atoms with E-state index in [1.165, 1.54) is 0 Å². The van der Waals surface area contributed by atoms with Gasteiger partial charge in [-0.05, 0) is 30.6 Å². The summed E-state index contributed by atoms with van der Waals surface area (Å²) < 4.78 is 1.98. The van der Waals surface area contributed by atoms with Gasteiger partial charge in [0.25, 0.3) is 0 Å². The maximum atomic E-state index is 12.0. The zero-order valence-electron chi connectivity index (χ0n) is 13.1. The lowest BCUT2D eigenvalue weighted by atomic mass is 10.3. The Labute approximate surface area is 142 Å². The Hall–Kier alpha value is -1.73. The third-order valence-corrected chi connectivity index (χ3v) is 5.10. The quantitative estimate of drug-likeness (QED) is 0.419. The van der Waals surface area contributed by atoms with E-state index in [1.807, 2.05) is 41.2 Å². The van der Waals surface area contributed by atoms with Crippen LogP contribution in [0.25, 0.3) is 16.9 Å². The molecule has 7 heteroatoms. The molecule has 0 atom stereocenters. The Bertz CT molecular complexity index is 858. The molecular weight excluding hydrogens is 328 g/mol. The van der Waals surface area contributed by atoms with E-state index in [0.29, 0.717) is 10.7 Å². The molecule has 0 saturated carbocycles. The zero-order valence-corrected chi connectivity index (χ0v) is 14.7. The summed E-state index contributed by atoms with van der Waals surface area (Å²) in [5.74, 6) is 0.939. The molecule has 2 heterocycles. The Morgan fingerprint density at radius 2 is 2.00 bits per heavy atom. The number of H-pyrrole nitrogens is 1. The maximum absolute atomic E-state index is 12.0. The van der Waals surface area contributed by atoms with Crippen molar-refractivity contribution in [2.75, 3.05) is 12.0 Å². The van der Waals surface area contributed by atoms with Crippen molar-refractivity contribution in [3.8, 4) is 5.69 Å². The fourth-order valence-electron chi connectivity index (χ4n) is 2.31. The molecule has 0 spiro atoms. The van der Waals surface area contributed by atoms with E-state index < -0.39 is 0 Å². The predicted octanol–water partition coefficient (Wildman–Crippen LogP) is 3.72. The Balaban J connectivity index is 2.19. The highest BCUT2D eigenvalue weighted by Gasteiger charge is 2.17. The highest BCUT2D eigenvalue weighted by molar-refractivity contribution is 7.99. The number of nitrogens with one attached hydrogen (secondary N) is 1. The Morgan fingerprint density at radius 3 is 2.70 bits per heavy atom. The number of fused-ring (bicyclic) bond motifs is 1. The van der Waals surface area contributed by atoms with Crippen LogP contribution in [0.15, 0.2) is 45.3 Å². The molecule has 0 amide bonds. The summed E-state index contributed by atoms with van der Waals surface area (Å²) >= 11 is 3.15. The third-order valence-electron chi connectivity index (χ3n) is 3.41. The van der Waals surface area contributed by atoms with Crippen LogP contribution in [0, 0.1) is 0 Å². The smallest absolute Gasteiger partial charge is 0.290 e. The van der Waals surface area contributed by atoms with Gasteiger partial charge >= 0.3 is 5.69 Å². The van der Waals surface area contributed by atoms with Gasteiger partial charge in [0.15, 0.2) is 5.16 Å². The SMILES string of the molecule is CCCCSc1nc(=O)[nH]c2c1nc(SC)n2-c1ccccc1. The van der Waals surface area contributed by atoms with Gasteiger partial charge in [-0.25, -0.2) is 9.78 Å². The first kappa shape index (κ1) is 16.1. The number of hydrogen-bond donors (Lipinski definition) is 1. The average molecular weight is 346 g/mol. The van der Waals surface area contributed by atoms with Gasteiger partial charge in [0, 0.05) is 5.69 Å². The zero-order chi connectivity index (χ0) is 16.2. The fourth-order valence-corrected chi connectivity index (χ4v) is 3.92. The average Bonchev–Trinajstić information content (AvgIpc) is 2.94. The molecule has 23 heavy (non-hydrogen) atoms. The molecule has 0 aliphatic carbocycles. The van der Waals surface area contributed by atoms with Crippen LogP contribution in [0.2, 0.25) is 0 Å². The van der Waals surface area contributed by atoms with E-state index in [9.17, 15) is 4.79 Å². The molecule has 0 bridgehead atoms. The summed E-state index contributed by atoms with van der Waals surface area (Å²) in [6.07, 6.45) is 4.19. The van der Waals surface area contributed by atoms with Crippen molar-refractivity contribution in [2.45, 2.75) is 29.9 Å². The van der Waals surface area contributed by atoms with Gasteiger partial charge in [-0.3, -0.25) is 9.55 Å². The number of aromatic amines is 1. The number of hydrogen-bond acceptors (Lipinski definition) is 5. The van der Waals surface area contributed by atoms with Gasteiger partial charge < -0.3 is 0 Å². The topological polar surface area (TPSA) is 63.6 Å². The van der Waals surface area contributed by atoms with Crippen LogP contribution in [0.3, 0.4) is 0 Å². The van der Waals surface area contributed by atoms with Crippen LogP contribution in [0.5, 0.6) is 0 Å². The number of para-hydroxylation sites is 1. The molecule has 3 rings (SSSR count). The van der Waals surface area contributed by atoms with Crippen molar-refractivity contribution in [3.63, 3.8) is 0 Å². The van der Waals surface area contributed by atoms with Gasteiger partial charge in [-0.2, -0.15) is 4.98 Å². The molecule has 2 aromatic heterocycles. The van der Waals surface area contributed by atoms with Crippen LogP contribution in [-0.4, -0.2) is 31.5 Å². The van der Waals surface area contributed by atoms with E-state index in [1.54, 1.807) is 23.5 Å². The monoisotopic (exact) mass is 346 g/mol.